The van der Waals surface area contributed by atoms with Gasteiger partial charge in [-0.05, 0) is 11.1 Å². The first-order valence-electron chi connectivity index (χ1n) is 4.93. The van der Waals surface area contributed by atoms with E-state index in [1.165, 1.54) is 5.01 Å². The maximum Gasteiger partial charge on any atom is 0.353 e. The number of carboxylic acids is 1. The Hall–Kier alpha value is -2.05. The monoisotopic (exact) mass is 237 g/mol. The van der Waals surface area contributed by atoms with Crippen molar-refractivity contribution in [3.8, 4) is 0 Å². The van der Waals surface area contributed by atoms with Crippen molar-refractivity contribution in [1.82, 2.24) is 5.01 Å². The van der Waals surface area contributed by atoms with Crippen LogP contribution in [-0.2, 0) is 17.9 Å². The van der Waals surface area contributed by atoms with Gasteiger partial charge < -0.3 is 21.0 Å². The fourth-order valence-electron chi connectivity index (χ4n) is 1.24. The molecule has 0 fully saturated rings. The third kappa shape index (κ3) is 4.13. The number of aliphatic hydroxyl groups excluding tert-OH is 1. The van der Waals surface area contributed by atoms with Gasteiger partial charge in [-0.2, -0.15) is 0 Å². The van der Waals surface area contributed by atoms with Crippen LogP contribution in [0.15, 0.2) is 36.2 Å². The molecule has 0 radical (unpaired) electrons. The Morgan fingerprint density at radius 2 is 1.82 bits per heavy atom. The molecule has 0 aromatic heterocycles. The number of aliphatic hydroxyl groups is 1. The fraction of sp³-hybridized carbons (Fsp3) is 0.182. The van der Waals surface area contributed by atoms with E-state index in [1.807, 2.05) is 0 Å². The predicted octanol–water partition coefficient (Wildman–Crippen LogP) is -0.261. The molecule has 6 heteroatoms. The molecule has 0 aliphatic carbocycles. The van der Waals surface area contributed by atoms with Crippen molar-refractivity contribution in [3.05, 3.63) is 47.3 Å². The number of aliphatic carboxylic acids is 1. The van der Waals surface area contributed by atoms with Gasteiger partial charge >= 0.3 is 5.97 Å². The number of hydrazine groups is 1. The normalized spacial score (nSPS) is 11.3. The maximum absolute atomic E-state index is 10.5. The summed E-state index contributed by atoms with van der Waals surface area (Å²) < 4.78 is 0. The highest BCUT2D eigenvalue weighted by molar-refractivity contribution is 5.85. The summed E-state index contributed by atoms with van der Waals surface area (Å²) in [5, 5.41) is 18.6. The van der Waals surface area contributed by atoms with E-state index in [9.17, 15) is 4.79 Å². The molecule has 0 saturated heterocycles. The second kappa shape index (κ2) is 5.88. The number of hydrogen-bond donors (Lipinski definition) is 4. The van der Waals surface area contributed by atoms with E-state index in [0.717, 1.165) is 17.3 Å². The van der Waals surface area contributed by atoms with Crippen LogP contribution in [0.2, 0.25) is 0 Å². The van der Waals surface area contributed by atoms with E-state index in [-0.39, 0.29) is 12.3 Å². The highest BCUT2D eigenvalue weighted by atomic mass is 16.4. The van der Waals surface area contributed by atoms with E-state index in [2.05, 4.69) is 0 Å². The molecule has 0 aliphatic rings. The van der Waals surface area contributed by atoms with Gasteiger partial charge in [-0.15, -0.1) is 0 Å². The van der Waals surface area contributed by atoms with Gasteiger partial charge in [0.25, 0.3) is 0 Å². The summed E-state index contributed by atoms with van der Waals surface area (Å²) in [5.41, 5.74) is 6.60. The van der Waals surface area contributed by atoms with Crippen molar-refractivity contribution in [3.63, 3.8) is 0 Å². The number of nitrogens with zero attached hydrogens (tertiary/aromatic N) is 1. The van der Waals surface area contributed by atoms with Gasteiger partial charge in [-0.25, -0.2) is 10.6 Å². The van der Waals surface area contributed by atoms with E-state index < -0.39 is 5.97 Å². The summed E-state index contributed by atoms with van der Waals surface area (Å²) in [5.74, 6) is 4.37. The van der Waals surface area contributed by atoms with Crippen LogP contribution in [0.1, 0.15) is 11.1 Å². The fourth-order valence-corrected chi connectivity index (χ4v) is 1.24. The van der Waals surface area contributed by atoms with Crippen LogP contribution in [0.5, 0.6) is 0 Å². The minimum atomic E-state index is -1.21. The summed E-state index contributed by atoms with van der Waals surface area (Å²) in [4.78, 5) is 10.5. The van der Waals surface area contributed by atoms with Crippen LogP contribution in [-0.4, -0.2) is 21.2 Å². The predicted molar refractivity (Wildman–Crippen MR) is 62.0 cm³/mol. The summed E-state index contributed by atoms with van der Waals surface area (Å²) >= 11 is 0. The quantitative estimate of drug-likeness (QED) is 0.319. The number of benzene rings is 1. The Morgan fingerprint density at radius 1 is 1.29 bits per heavy atom. The van der Waals surface area contributed by atoms with Gasteiger partial charge in [0.1, 0.15) is 5.70 Å². The Morgan fingerprint density at radius 3 is 2.29 bits per heavy atom. The smallest absolute Gasteiger partial charge is 0.353 e. The third-order valence-corrected chi connectivity index (χ3v) is 2.12. The summed E-state index contributed by atoms with van der Waals surface area (Å²) in [6, 6.07) is 7.15. The number of carboxylic acid groups (broad SMARTS) is 1. The molecular formula is C11H15N3O3. The molecule has 0 unspecified atom stereocenters. The molecule has 92 valence electrons. The lowest BCUT2D eigenvalue weighted by molar-refractivity contribution is -0.132. The van der Waals surface area contributed by atoms with Crippen molar-refractivity contribution < 1.29 is 15.0 Å². The van der Waals surface area contributed by atoms with E-state index in [0.29, 0.717) is 6.54 Å². The molecule has 1 rings (SSSR count). The minimum absolute atomic E-state index is 0.0154. The summed E-state index contributed by atoms with van der Waals surface area (Å²) in [6.07, 6.45) is 1.16. The molecule has 6 nitrogen and oxygen atoms in total. The molecule has 0 saturated carbocycles. The lowest BCUT2D eigenvalue weighted by Gasteiger charge is -2.14. The second-order valence-corrected chi connectivity index (χ2v) is 3.54. The number of nitrogens with two attached hydrogens (primary N) is 2. The SMILES string of the molecule is N/C(=C\N(N)Cc1ccc(CO)cc1)C(=O)O. The number of rotatable bonds is 5. The molecule has 0 spiro atoms. The molecular weight excluding hydrogens is 222 g/mol. The molecule has 17 heavy (non-hydrogen) atoms. The third-order valence-electron chi connectivity index (χ3n) is 2.12. The Balaban J connectivity index is 2.64. The van der Waals surface area contributed by atoms with Crippen LogP contribution < -0.4 is 11.6 Å². The van der Waals surface area contributed by atoms with Crippen LogP contribution >= 0.6 is 0 Å². The minimum Gasteiger partial charge on any atom is -0.477 e. The topological polar surface area (TPSA) is 113 Å². The van der Waals surface area contributed by atoms with Crippen LogP contribution in [0, 0.1) is 0 Å². The largest absolute Gasteiger partial charge is 0.477 e. The van der Waals surface area contributed by atoms with Crippen molar-refractivity contribution in [2.45, 2.75) is 13.2 Å². The van der Waals surface area contributed by atoms with Crippen LogP contribution in [0.3, 0.4) is 0 Å². The van der Waals surface area contributed by atoms with E-state index in [4.69, 9.17) is 21.8 Å². The maximum atomic E-state index is 10.5. The van der Waals surface area contributed by atoms with Gasteiger partial charge in [0, 0.05) is 6.20 Å². The average molecular weight is 237 g/mol. The first-order chi connectivity index (χ1) is 8.02. The summed E-state index contributed by atoms with van der Waals surface area (Å²) in [6.45, 7) is 0.318. The second-order valence-electron chi connectivity index (χ2n) is 3.54. The molecule has 0 amide bonds. The Labute approximate surface area is 98.7 Å². The average Bonchev–Trinajstić information content (AvgIpc) is 2.29. The standard InChI is InChI=1S/C11H15N3O3/c12-10(11(16)17)6-14(13)5-8-1-3-9(7-15)4-2-8/h1-4,6,15H,5,7,12-13H2,(H,16,17)/b10-6-. The van der Waals surface area contributed by atoms with Crippen LogP contribution in [0.25, 0.3) is 0 Å². The lowest BCUT2D eigenvalue weighted by atomic mass is 10.1. The molecule has 1 aromatic rings. The zero-order valence-corrected chi connectivity index (χ0v) is 9.21. The van der Waals surface area contributed by atoms with Crippen molar-refractivity contribution >= 4 is 5.97 Å². The van der Waals surface area contributed by atoms with Gasteiger partial charge in [0.2, 0.25) is 0 Å². The number of carbonyl (C=O) groups is 1. The molecule has 0 bridgehead atoms. The zero-order valence-electron chi connectivity index (χ0n) is 9.21. The molecule has 1 aromatic carbocycles. The van der Waals surface area contributed by atoms with Crippen molar-refractivity contribution in [1.29, 1.82) is 0 Å². The molecule has 6 N–H and O–H groups in total. The van der Waals surface area contributed by atoms with Gasteiger partial charge in [-0.1, -0.05) is 24.3 Å². The molecule has 0 heterocycles. The highest BCUT2D eigenvalue weighted by Gasteiger charge is 2.03. The van der Waals surface area contributed by atoms with Gasteiger partial charge in [0.15, 0.2) is 0 Å². The number of hydrogen-bond acceptors (Lipinski definition) is 5. The first kappa shape index (κ1) is 13.0. The zero-order chi connectivity index (χ0) is 12.8. The molecule has 0 aliphatic heterocycles. The van der Waals surface area contributed by atoms with E-state index >= 15 is 0 Å². The Bertz CT molecular complexity index is 414. The van der Waals surface area contributed by atoms with Gasteiger partial charge in [0.05, 0.1) is 13.2 Å². The van der Waals surface area contributed by atoms with Gasteiger partial charge in [-0.3, -0.25) is 0 Å². The first-order valence-corrected chi connectivity index (χ1v) is 4.93. The van der Waals surface area contributed by atoms with Crippen molar-refractivity contribution in [2.24, 2.45) is 11.6 Å². The van der Waals surface area contributed by atoms with E-state index in [1.54, 1.807) is 24.3 Å². The highest BCUT2D eigenvalue weighted by Crippen LogP contribution is 2.06. The van der Waals surface area contributed by atoms with Crippen LogP contribution in [0.4, 0.5) is 0 Å². The Kier molecular flexibility index (Phi) is 4.50. The molecule has 0 atom stereocenters. The van der Waals surface area contributed by atoms with Crippen molar-refractivity contribution in [2.75, 3.05) is 0 Å². The lowest BCUT2D eigenvalue weighted by Crippen LogP contribution is -2.27. The summed E-state index contributed by atoms with van der Waals surface area (Å²) in [7, 11) is 0.